The molecule has 0 aliphatic heterocycles. The third-order valence-corrected chi connectivity index (χ3v) is 8.50. The van der Waals surface area contributed by atoms with Crippen molar-refractivity contribution in [2.45, 2.75) is 0 Å². The van der Waals surface area contributed by atoms with Gasteiger partial charge in [0, 0.05) is 21.9 Å². The Morgan fingerprint density at radius 2 is 0.959 bits per heavy atom. The Kier molecular flexibility index (Phi) is 5.11. The molecule has 2 heterocycles. The van der Waals surface area contributed by atoms with Crippen molar-refractivity contribution in [2.75, 3.05) is 0 Å². The normalized spacial score (nSPS) is 13.8. The molecular weight excluding hydrogens is 597 g/mol. The summed E-state index contributed by atoms with van der Waals surface area (Å²) < 4.78 is 79.7. The second kappa shape index (κ2) is 12.2. The third-order valence-electron chi connectivity index (χ3n) is 8.50. The van der Waals surface area contributed by atoms with Crippen molar-refractivity contribution < 1.29 is 12.3 Å². The Morgan fingerprint density at radius 3 is 1.67 bits per heavy atom. The molecule has 0 aliphatic carbocycles. The van der Waals surface area contributed by atoms with Gasteiger partial charge in [-0.25, -0.2) is 4.98 Å². The maximum atomic E-state index is 9.17. The summed E-state index contributed by atoms with van der Waals surface area (Å²) in [5, 5.41) is 0.349. The Bertz CT molecular complexity index is 3070. The van der Waals surface area contributed by atoms with Gasteiger partial charge in [-0.3, -0.25) is 4.57 Å². The molecule has 0 N–H and O–H groups in total. The first kappa shape index (κ1) is 20.6. The fourth-order valence-electron chi connectivity index (χ4n) is 6.20. The van der Waals surface area contributed by atoms with Gasteiger partial charge in [0.05, 0.1) is 23.4 Å². The molecule has 230 valence electrons. The second-order valence-electron chi connectivity index (χ2n) is 11.4. The van der Waals surface area contributed by atoms with E-state index in [1.165, 1.54) is 0 Å². The molecule has 4 nitrogen and oxygen atoms in total. The molecule has 0 unspecified atom stereocenters. The summed E-state index contributed by atoms with van der Waals surface area (Å²) in [7, 11) is 0. The molecule has 0 radical (unpaired) electrons. The van der Waals surface area contributed by atoms with Gasteiger partial charge in [-0.05, 0) is 51.6 Å². The van der Waals surface area contributed by atoms with Crippen molar-refractivity contribution in [2.24, 2.45) is 0 Å². The van der Waals surface area contributed by atoms with Crippen molar-refractivity contribution in [3.05, 3.63) is 182 Å². The van der Waals surface area contributed by atoms with Gasteiger partial charge in [-0.1, -0.05) is 164 Å². The van der Waals surface area contributed by atoms with Crippen LogP contribution in [0.4, 0.5) is 0 Å². The number of benzene rings is 7. The maximum absolute atomic E-state index is 9.17. The molecule has 0 bridgehead atoms. The monoisotopic (exact) mass is 635 g/mol. The molecule has 0 aliphatic rings. The van der Waals surface area contributed by atoms with Gasteiger partial charge in [0.25, 0.3) is 0 Å². The summed E-state index contributed by atoms with van der Waals surface area (Å²) in [6.45, 7) is 0. The van der Waals surface area contributed by atoms with Crippen LogP contribution in [0.25, 0.3) is 83.9 Å². The van der Waals surface area contributed by atoms with E-state index in [4.69, 9.17) is 25.9 Å². The molecule has 0 saturated carbocycles. The fourth-order valence-corrected chi connectivity index (χ4v) is 6.20. The van der Waals surface area contributed by atoms with Crippen LogP contribution >= 0.6 is 0 Å². The van der Waals surface area contributed by atoms with E-state index in [9.17, 15) is 1.37 Å². The molecule has 9 rings (SSSR count). The van der Waals surface area contributed by atoms with E-state index in [-0.39, 0.29) is 45.4 Å². The van der Waals surface area contributed by atoms with Gasteiger partial charge in [-0.15, -0.1) is 0 Å². The number of hydrogen-bond acceptors (Lipinski definition) is 3. The van der Waals surface area contributed by atoms with Crippen molar-refractivity contribution >= 4 is 21.8 Å². The smallest absolute Gasteiger partial charge is 0.238 e. The van der Waals surface area contributed by atoms with Crippen LogP contribution in [0.15, 0.2) is 182 Å². The van der Waals surface area contributed by atoms with E-state index in [1.807, 2.05) is 78.9 Å². The minimum atomic E-state index is -0.546. The lowest BCUT2D eigenvalue weighted by Gasteiger charge is -2.12. The molecule has 0 amide bonds. The minimum Gasteiger partial charge on any atom is -0.278 e. The van der Waals surface area contributed by atoms with Gasteiger partial charge in [-0.2, -0.15) is 9.97 Å². The SMILES string of the molecule is [2H]c1c([2H])c([2H])c(-c2cccc3c2c2c([2H])c([2H])c([2H])c([2H])c2n3-c2nc(-c3ccccc3)nc(-c3ccc(-c4cccc(-c5ccccc5)c4)cc3)n2)c([2H])c1[2H]. The number of nitrogens with zero attached hydrogens (tertiary/aromatic N) is 4. The fraction of sp³-hybridized carbons (Fsp3) is 0. The third kappa shape index (κ3) is 5.26. The predicted octanol–water partition coefficient (Wildman–Crippen LogP) is 11.3. The minimum absolute atomic E-state index is 0.0608. The number of hydrogen-bond donors (Lipinski definition) is 0. The van der Waals surface area contributed by atoms with Crippen LogP contribution in [0.5, 0.6) is 0 Å². The lowest BCUT2D eigenvalue weighted by atomic mass is 9.98. The van der Waals surface area contributed by atoms with Crippen LogP contribution in [-0.2, 0) is 0 Å². The van der Waals surface area contributed by atoms with Gasteiger partial charge >= 0.3 is 0 Å². The summed E-state index contributed by atoms with van der Waals surface area (Å²) in [6, 6.07) is 36.4. The molecule has 0 spiro atoms. The molecule has 0 saturated heterocycles. The molecule has 0 fully saturated rings. The summed E-state index contributed by atoms with van der Waals surface area (Å²) in [5.74, 6) is 0.690. The van der Waals surface area contributed by atoms with Crippen LogP contribution < -0.4 is 0 Å². The van der Waals surface area contributed by atoms with Gasteiger partial charge < -0.3 is 0 Å². The zero-order valence-electron chi connectivity index (χ0n) is 34.9. The summed E-state index contributed by atoms with van der Waals surface area (Å²) >= 11 is 0. The molecule has 9 aromatic rings. The maximum Gasteiger partial charge on any atom is 0.238 e. The van der Waals surface area contributed by atoms with E-state index in [2.05, 4.69) is 30.3 Å². The number of rotatable bonds is 6. The molecule has 0 atom stereocenters. The first-order chi connectivity index (χ1) is 28.0. The van der Waals surface area contributed by atoms with Crippen molar-refractivity contribution in [1.82, 2.24) is 19.5 Å². The first-order valence-corrected chi connectivity index (χ1v) is 15.7. The van der Waals surface area contributed by atoms with Crippen molar-refractivity contribution in [3.63, 3.8) is 0 Å². The van der Waals surface area contributed by atoms with Crippen LogP contribution in [0.3, 0.4) is 0 Å². The van der Waals surface area contributed by atoms with Crippen LogP contribution in [0.1, 0.15) is 12.3 Å². The van der Waals surface area contributed by atoms with E-state index < -0.39 is 42.3 Å². The van der Waals surface area contributed by atoms with Gasteiger partial charge in [0.1, 0.15) is 0 Å². The van der Waals surface area contributed by atoms with E-state index in [0.29, 0.717) is 28.3 Å². The Hall–Kier alpha value is -6.65. The molecule has 7 aromatic carbocycles. The van der Waals surface area contributed by atoms with E-state index in [1.54, 1.807) is 22.8 Å². The Morgan fingerprint density at radius 1 is 0.408 bits per heavy atom. The quantitative estimate of drug-likeness (QED) is 0.183. The second-order valence-corrected chi connectivity index (χ2v) is 11.4. The first-order valence-electron chi connectivity index (χ1n) is 20.2. The van der Waals surface area contributed by atoms with E-state index in [0.717, 1.165) is 22.3 Å². The Balaban J connectivity index is 1.29. The largest absolute Gasteiger partial charge is 0.278 e. The molecule has 4 heteroatoms. The lowest BCUT2D eigenvalue weighted by Crippen LogP contribution is -2.06. The van der Waals surface area contributed by atoms with Crippen molar-refractivity contribution in [1.29, 1.82) is 0 Å². The van der Waals surface area contributed by atoms with Crippen LogP contribution in [0, 0.1) is 0 Å². The zero-order valence-corrected chi connectivity index (χ0v) is 25.9. The average molecular weight is 636 g/mol. The predicted molar refractivity (Wildman–Crippen MR) is 201 cm³/mol. The molecule has 49 heavy (non-hydrogen) atoms. The highest BCUT2D eigenvalue weighted by Gasteiger charge is 2.19. The number of fused-ring (bicyclic) bond motifs is 3. The standard InChI is InChI=1S/C45H30N4/c1-4-14-31(15-5-1)36-20-12-21-37(30-36)32-26-28-35(29-27-32)44-46-43(34-18-8-3-9-19-34)47-45(48-44)49-40-24-11-10-22-39(40)42-38(23-13-25-41(42)49)33-16-6-2-7-17-33/h1-30H/i2D,6D,7D,10D,11D,16D,17D,22D,24D. The van der Waals surface area contributed by atoms with Gasteiger partial charge in [0.2, 0.25) is 5.95 Å². The van der Waals surface area contributed by atoms with Crippen LogP contribution in [0.2, 0.25) is 0 Å². The Labute approximate surface area is 297 Å². The highest BCUT2D eigenvalue weighted by molar-refractivity contribution is 6.15. The number of para-hydroxylation sites is 1. The summed E-state index contributed by atoms with van der Waals surface area (Å²) in [5.41, 5.74) is 6.09. The van der Waals surface area contributed by atoms with Crippen LogP contribution in [-0.4, -0.2) is 19.5 Å². The zero-order chi connectivity index (χ0) is 40.4. The average Bonchev–Trinajstić information content (AvgIpc) is 3.63. The molecule has 2 aromatic heterocycles. The summed E-state index contributed by atoms with van der Waals surface area (Å²) in [6.07, 6.45) is 0. The lowest BCUT2D eigenvalue weighted by molar-refractivity contribution is 0.953. The topological polar surface area (TPSA) is 43.6 Å². The molecular formula is C45H30N4. The number of aromatic nitrogens is 4. The highest BCUT2D eigenvalue weighted by atomic mass is 15.2. The van der Waals surface area contributed by atoms with E-state index >= 15 is 0 Å². The highest BCUT2D eigenvalue weighted by Crippen LogP contribution is 2.38. The summed E-state index contributed by atoms with van der Waals surface area (Å²) in [4.78, 5) is 14.8. The van der Waals surface area contributed by atoms with Crippen molar-refractivity contribution in [3.8, 4) is 62.1 Å². The van der Waals surface area contributed by atoms with Gasteiger partial charge in [0.15, 0.2) is 11.6 Å².